The molecular formula is C16H24N2O3S. The molecule has 122 valence electrons. The lowest BCUT2D eigenvalue weighted by molar-refractivity contribution is -0.131. The van der Waals surface area contributed by atoms with Crippen LogP contribution in [0.25, 0.3) is 0 Å². The molecule has 2 rings (SSSR count). The van der Waals surface area contributed by atoms with Crippen molar-refractivity contribution in [2.45, 2.75) is 46.6 Å². The van der Waals surface area contributed by atoms with Gasteiger partial charge in [0.25, 0.3) is 0 Å². The minimum absolute atomic E-state index is 0.00779. The number of hydrogen-bond acceptors (Lipinski definition) is 4. The summed E-state index contributed by atoms with van der Waals surface area (Å²) in [6, 6.07) is 0.154. The van der Waals surface area contributed by atoms with Crippen molar-refractivity contribution >= 4 is 29.4 Å². The van der Waals surface area contributed by atoms with Gasteiger partial charge in [0.05, 0.1) is 10.8 Å². The lowest BCUT2D eigenvalue weighted by Crippen LogP contribution is -2.42. The summed E-state index contributed by atoms with van der Waals surface area (Å²) in [6.45, 7) is 7.49. The second-order valence-electron chi connectivity index (χ2n) is 7.06. The third-order valence-corrected chi connectivity index (χ3v) is 4.95. The first-order chi connectivity index (χ1) is 10.2. The van der Waals surface area contributed by atoms with Gasteiger partial charge in [0.1, 0.15) is 6.54 Å². The molecule has 5 nitrogen and oxygen atoms in total. The number of amides is 2. The Bertz CT molecular complexity index is 518. The van der Waals surface area contributed by atoms with E-state index in [1.807, 2.05) is 27.7 Å². The summed E-state index contributed by atoms with van der Waals surface area (Å²) in [7, 11) is 0. The largest absolute Gasteiger partial charge is 0.352 e. The molecule has 6 heteroatoms. The van der Waals surface area contributed by atoms with E-state index >= 15 is 0 Å². The quantitative estimate of drug-likeness (QED) is 0.785. The van der Waals surface area contributed by atoms with Crippen molar-refractivity contribution in [3.63, 3.8) is 0 Å². The summed E-state index contributed by atoms with van der Waals surface area (Å²) in [5, 5.41) is 3.52. The lowest BCUT2D eigenvalue weighted by atomic mass is 9.91. The zero-order valence-electron chi connectivity index (χ0n) is 13.6. The van der Waals surface area contributed by atoms with Gasteiger partial charge in [-0.05, 0) is 25.7 Å². The van der Waals surface area contributed by atoms with Crippen LogP contribution in [0.3, 0.4) is 0 Å². The number of carbonyl (C=O) groups excluding carboxylic acids is 3. The molecule has 1 aliphatic carbocycles. The lowest BCUT2D eigenvalue weighted by Gasteiger charge is -2.20. The Kier molecular flexibility index (Phi) is 5.00. The highest BCUT2D eigenvalue weighted by atomic mass is 32.2. The molecule has 1 saturated heterocycles. The molecule has 1 atom stereocenters. The van der Waals surface area contributed by atoms with E-state index in [1.165, 1.54) is 22.7 Å². The van der Waals surface area contributed by atoms with Gasteiger partial charge >= 0.3 is 0 Å². The molecule has 0 bridgehead atoms. The van der Waals surface area contributed by atoms with Gasteiger partial charge < -0.3 is 5.32 Å². The summed E-state index contributed by atoms with van der Waals surface area (Å²) >= 11 is 1.32. The number of allylic oxidation sites excluding steroid dienone is 1. The highest BCUT2D eigenvalue weighted by Gasteiger charge is 2.33. The smallest absolute Gasteiger partial charge is 0.240 e. The Morgan fingerprint density at radius 3 is 2.59 bits per heavy atom. The predicted octanol–water partition coefficient (Wildman–Crippen LogP) is 1.93. The van der Waals surface area contributed by atoms with E-state index in [9.17, 15) is 14.4 Å². The van der Waals surface area contributed by atoms with Crippen LogP contribution in [0.15, 0.2) is 11.1 Å². The van der Waals surface area contributed by atoms with Crippen LogP contribution in [0.2, 0.25) is 0 Å². The highest BCUT2D eigenvalue weighted by Crippen LogP contribution is 2.33. The van der Waals surface area contributed by atoms with Crippen LogP contribution in [0.1, 0.15) is 40.5 Å². The van der Waals surface area contributed by atoms with Gasteiger partial charge in [-0.15, -0.1) is 0 Å². The maximum absolute atomic E-state index is 12.1. The number of nitrogens with zero attached hydrogens (tertiary/aromatic N) is 1. The fourth-order valence-electron chi connectivity index (χ4n) is 2.19. The number of nitrogens with one attached hydrogen (secondary N) is 1. The second-order valence-corrected chi connectivity index (χ2v) is 8.05. The second kappa shape index (κ2) is 6.44. The molecule has 0 aromatic heterocycles. The molecule has 0 spiro atoms. The zero-order chi connectivity index (χ0) is 16.5. The fraction of sp³-hybridized carbons (Fsp3) is 0.688. The Hall–Kier alpha value is -1.30. The topological polar surface area (TPSA) is 66.5 Å². The maximum Gasteiger partial charge on any atom is 0.240 e. The monoisotopic (exact) mass is 324 g/mol. The van der Waals surface area contributed by atoms with Crippen LogP contribution >= 0.6 is 11.8 Å². The minimum atomic E-state index is -0.492. The first kappa shape index (κ1) is 17.1. The van der Waals surface area contributed by atoms with Gasteiger partial charge in [0.15, 0.2) is 5.78 Å². The van der Waals surface area contributed by atoms with Gasteiger partial charge in [-0.1, -0.05) is 32.5 Å². The van der Waals surface area contributed by atoms with E-state index in [0.29, 0.717) is 10.9 Å². The molecule has 1 aliphatic heterocycles. The van der Waals surface area contributed by atoms with Crippen molar-refractivity contribution in [1.82, 2.24) is 10.2 Å². The van der Waals surface area contributed by atoms with Crippen molar-refractivity contribution < 1.29 is 14.4 Å². The summed E-state index contributed by atoms with van der Waals surface area (Å²) < 4.78 is 0. The van der Waals surface area contributed by atoms with E-state index in [1.54, 1.807) is 0 Å². The van der Waals surface area contributed by atoms with E-state index in [0.717, 1.165) is 12.8 Å². The average Bonchev–Trinajstić information content (AvgIpc) is 3.19. The Morgan fingerprint density at radius 2 is 2.05 bits per heavy atom. The summed E-state index contributed by atoms with van der Waals surface area (Å²) in [5.41, 5.74) is -0.492. The van der Waals surface area contributed by atoms with Crippen molar-refractivity contribution in [3.05, 3.63) is 11.1 Å². The third-order valence-electron chi connectivity index (χ3n) is 3.92. The predicted molar refractivity (Wildman–Crippen MR) is 87.0 cm³/mol. The Labute approximate surface area is 135 Å². The van der Waals surface area contributed by atoms with Gasteiger partial charge in [-0.3, -0.25) is 19.3 Å². The summed E-state index contributed by atoms with van der Waals surface area (Å²) in [5.74, 6) is 0.539. The molecule has 1 saturated carbocycles. The first-order valence-corrected chi connectivity index (χ1v) is 8.65. The summed E-state index contributed by atoms with van der Waals surface area (Å²) in [4.78, 5) is 37.6. The number of thioether (sulfide) groups is 1. The molecule has 0 radical (unpaired) electrons. The van der Waals surface area contributed by atoms with Crippen LogP contribution in [0.5, 0.6) is 0 Å². The molecule has 22 heavy (non-hydrogen) atoms. The van der Waals surface area contributed by atoms with E-state index in [-0.39, 0.29) is 35.9 Å². The molecule has 2 aliphatic rings. The molecule has 0 aromatic rings. The zero-order valence-corrected chi connectivity index (χ0v) is 14.5. The number of carbonyl (C=O) groups is 3. The SMILES string of the molecule is C[C@@H](NC(=O)CN1C(=O)CS/C1=C/C(=O)C(C)(C)C)C1CC1. The van der Waals surface area contributed by atoms with Gasteiger partial charge in [0, 0.05) is 17.5 Å². The van der Waals surface area contributed by atoms with Crippen molar-refractivity contribution in [2.24, 2.45) is 11.3 Å². The third kappa shape index (κ3) is 4.35. The van der Waals surface area contributed by atoms with Crippen LogP contribution in [-0.2, 0) is 14.4 Å². The molecular weight excluding hydrogens is 300 g/mol. The van der Waals surface area contributed by atoms with Crippen LogP contribution < -0.4 is 5.32 Å². The number of hydrogen-bond donors (Lipinski definition) is 1. The highest BCUT2D eigenvalue weighted by molar-refractivity contribution is 8.04. The molecule has 1 heterocycles. The number of ketones is 1. The van der Waals surface area contributed by atoms with E-state index in [4.69, 9.17) is 0 Å². The summed E-state index contributed by atoms with van der Waals surface area (Å²) in [6.07, 6.45) is 3.81. The van der Waals surface area contributed by atoms with Gasteiger partial charge in [-0.2, -0.15) is 0 Å². The number of rotatable bonds is 5. The fourth-order valence-corrected chi connectivity index (χ4v) is 3.13. The normalized spacial score (nSPS) is 22.1. The van der Waals surface area contributed by atoms with E-state index < -0.39 is 5.41 Å². The molecule has 0 aromatic carbocycles. The van der Waals surface area contributed by atoms with Crippen LogP contribution in [0.4, 0.5) is 0 Å². The maximum atomic E-state index is 12.1. The standard InChI is InChI=1S/C16H24N2O3S/c1-10(11-5-6-11)17-13(20)8-18-14(21)9-22-15(18)7-12(19)16(2,3)4/h7,10-11H,5-6,8-9H2,1-4H3,(H,17,20)/b15-7+/t10-/m1/s1. The first-order valence-electron chi connectivity index (χ1n) is 7.67. The van der Waals surface area contributed by atoms with Crippen molar-refractivity contribution in [1.29, 1.82) is 0 Å². The average molecular weight is 324 g/mol. The molecule has 2 fully saturated rings. The van der Waals surface area contributed by atoms with Gasteiger partial charge in [0.2, 0.25) is 11.8 Å². The Balaban J connectivity index is 2.00. The van der Waals surface area contributed by atoms with Crippen LogP contribution in [0, 0.1) is 11.3 Å². The molecule has 2 amide bonds. The van der Waals surface area contributed by atoms with Crippen LogP contribution in [-0.4, -0.2) is 40.8 Å². The van der Waals surface area contributed by atoms with E-state index in [2.05, 4.69) is 5.32 Å². The molecule has 0 unspecified atom stereocenters. The van der Waals surface area contributed by atoms with Crippen molar-refractivity contribution in [2.75, 3.05) is 12.3 Å². The minimum Gasteiger partial charge on any atom is -0.352 e. The van der Waals surface area contributed by atoms with Gasteiger partial charge in [-0.25, -0.2) is 0 Å². The Morgan fingerprint density at radius 1 is 1.41 bits per heavy atom. The molecule has 1 N–H and O–H groups in total. The van der Waals surface area contributed by atoms with Crippen molar-refractivity contribution in [3.8, 4) is 0 Å².